The van der Waals surface area contributed by atoms with Gasteiger partial charge in [0.25, 0.3) is 0 Å². The minimum atomic E-state index is -1.02. The predicted molar refractivity (Wildman–Crippen MR) is 78.4 cm³/mol. The van der Waals surface area contributed by atoms with E-state index < -0.39 is 13.9 Å². The summed E-state index contributed by atoms with van der Waals surface area (Å²) in [7, 11) is -0.411. The van der Waals surface area contributed by atoms with Crippen molar-refractivity contribution in [3.63, 3.8) is 0 Å². The second kappa shape index (κ2) is 5.26. The number of carbonyl (C=O) groups excluding carboxylic acids is 1. The number of hydrogen-bond donors (Lipinski definition) is 0. The summed E-state index contributed by atoms with van der Waals surface area (Å²) in [6.07, 6.45) is 0.512. The maximum Gasteiger partial charge on any atom is 0.135 e. The van der Waals surface area contributed by atoms with Gasteiger partial charge in [0.05, 0.1) is 0 Å². The van der Waals surface area contributed by atoms with Crippen molar-refractivity contribution in [1.29, 1.82) is 0 Å². The number of benzene rings is 2. The fraction of sp³-hybridized carbons (Fsp3) is 0.188. The fourth-order valence-electron chi connectivity index (χ4n) is 2.39. The molecule has 0 saturated carbocycles. The number of para-hydroxylation sites is 1. The Morgan fingerprint density at radius 2 is 1.90 bits per heavy atom. The van der Waals surface area contributed by atoms with Gasteiger partial charge in [0.2, 0.25) is 0 Å². The minimum Gasteiger partial charge on any atom is -0.550 e. The van der Waals surface area contributed by atoms with Crippen molar-refractivity contribution >= 4 is 24.5 Å². The highest BCUT2D eigenvalue weighted by Crippen LogP contribution is 2.42. The summed E-state index contributed by atoms with van der Waals surface area (Å²) < 4.78 is 5.95. The molecular weight excluding hydrogens is 271 g/mol. The Morgan fingerprint density at radius 1 is 1.15 bits per heavy atom. The number of fused-ring (bicyclic) bond motifs is 2. The molecule has 102 valence electrons. The van der Waals surface area contributed by atoms with Crippen LogP contribution in [0.25, 0.3) is 0 Å². The number of carbonyl (C=O) groups is 1. The Labute approximate surface area is 119 Å². The molecule has 2 aromatic carbocycles. The van der Waals surface area contributed by atoms with E-state index >= 15 is 0 Å². The van der Waals surface area contributed by atoms with E-state index in [-0.39, 0.29) is 6.42 Å². The highest BCUT2D eigenvalue weighted by atomic mass is 31.1. The standard InChI is InChI=1S/C16H15O3P/c1-20-14-5-3-2-4-12(14)19-13-10-11(6-8-15(13)20)7-9-16(17)18/h2-6,8,10H,7,9H2,1H3,(H,17,18)/p-1. The lowest BCUT2D eigenvalue weighted by Crippen LogP contribution is -2.23. The first-order valence-electron chi connectivity index (χ1n) is 6.48. The van der Waals surface area contributed by atoms with E-state index in [0.717, 1.165) is 17.1 Å². The number of carboxylic acid groups (broad SMARTS) is 1. The van der Waals surface area contributed by atoms with Gasteiger partial charge in [-0.05, 0) is 45.1 Å². The second-order valence-electron chi connectivity index (χ2n) is 4.80. The van der Waals surface area contributed by atoms with E-state index in [4.69, 9.17) is 4.74 Å². The largest absolute Gasteiger partial charge is 0.550 e. The van der Waals surface area contributed by atoms with Crippen molar-refractivity contribution in [3.8, 4) is 11.5 Å². The van der Waals surface area contributed by atoms with Crippen molar-refractivity contribution in [3.05, 3.63) is 48.0 Å². The van der Waals surface area contributed by atoms with Gasteiger partial charge in [-0.2, -0.15) is 0 Å². The zero-order valence-corrected chi connectivity index (χ0v) is 12.0. The Morgan fingerprint density at radius 3 is 2.70 bits per heavy atom. The molecule has 0 spiro atoms. The SMILES string of the molecule is CP1c2ccccc2Oc2cc(CCC(=O)[O-])ccc21. The average molecular weight is 285 g/mol. The van der Waals surface area contributed by atoms with Crippen molar-refractivity contribution < 1.29 is 14.6 Å². The molecule has 0 N–H and O–H groups in total. The maximum absolute atomic E-state index is 10.5. The molecule has 1 atom stereocenters. The van der Waals surface area contributed by atoms with Crippen LogP contribution in [0.4, 0.5) is 0 Å². The molecular formula is C16H14O3P-. The molecule has 1 aliphatic rings. The van der Waals surface area contributed by atoms with E-state index in [0.29, 0.717) is 6.42 Å². The number of ether oxygens (including phenoxy) is 1. The van der Waals surface area contributed by atoms with Gasteiger partial charge in [0, 0.05) is 16.6 Å². The van der Waals surface area contributed by atoms with E-state index in [1.165, 1.54) is 10.6 Å². The first-order chi connectivity index (χ1) is 9.65. The molecule has 0 aliphatic carbocycles. The lowest BCUT2D eigenvalue weighted by molar-refractivity contribution is -0.305. The van der Waals surface area contributed by atoms with Crippen LogP contribution < -0.4 is 20.5 Å². The number of rotatable bonds is 3. The van der Waals surface area contributed by atoms with E-state index in [9.17, 15) is 9.90 Å². The van der Waals surface area contributed by atoms with Crippen LogP contribution in [0.3, 0.4) is 0 Å². The summed E-state index contributed by atoms with van der Waals surface area (Å²) in [4.78, 5) is 10.5. The lowest BCUT2D eigenvalue weighted by atomic mass is 10.1. The summed E-state index contributed by atoms with van der Waals surface area (Å²) in [5.74, 6) is 0.741. The molecule has 1 aliphatic heterocycles. The molecule has 2 aromatic rings. The molecule has 4 heteroatoms. The Hall–Kier alpha value is -1.86. The first-order valence-corrected chi connectivity index (χ1v) is 8.27. The van der Waals surface area contributed by atoms with Gasteiger partial charge in [-0.25, -0.2) is 0 Å². The van der Waals surface area contributed by atoms with Crippen LogP contribution in [0.2, 0.25) is 0 Å². The Balaban J connectivity index is 1.92. The van der Waals surface area contributed by atoms with Crippen LogP contribution >= 0.6 is 7.92 Å². The van der Waals surface area contributed by atoms with Crippen molar-refractivity contribution in [2.75, 3.05) is 6.66 Å². The summed E-state index contributed by atoms with van der Waals surface area (Å²) in [5, 5.41) is 13.0. The molecule has 20 heavy (non-hydrogen) atoms. The van der Waals surface area contributed by atoms with Gasteiger partial charge in [-0.3, -0.25) is 0 Å². The molecule has 0 aromatic heterocycles. The predicted octanol–water partition coefficient (Wildman–Crippen LogP) is 1.54. The molecule has 1 unspecified atom stereocenters. The summed E-state index contributed by atoms with van der Waals surface area (Å²) in [6, 6.07) is 14.1. The van der Waals surface area contributed by atoms with Crippen LogP contribution in [0.1, 0.15) is 12.0 Å². The second-order valence-corrected chi connectivity index (χ2v) is 6.88. The maximum atomic E-state index is 10.5. The molecule has 0 fully saturated rings. The lowest BCUT2D eigenvalue weighted by Gasteiger charge is -2.26. The van der Waals surface area contributed by atoms with Crippen molar-refractivity contribution in [2.24, 2.45) is 0 Å². The third-order valence-corrected chi connectivity index (χ3v) is 5.63. The van der Waals surface area contributed by atoms with Crippen LogP contribution in [0.5, 0.6) is 11.5 Å². The van der Waals surface area contributed by atoms with E-state index in [1.807, 2.05) is 30.3 Å². The molecule has 0 bridgehead atoms. The third-order valence-electron chi connectivity index (χ3n) is 3.45. The van der Waals surface area contributed by atoms with Gasteiger partial charge in [0.1, 0.15) is 11.5 Å². The minimum absolute atomic E-state index is 0.0380. The van der Waals surface area contributed by atoms with Crippen LogP contribution in [0, 0.1) is 0 Å². The van der Waals surface area contributed by atoms with Crippen LogP contribution in [0.15, 0.2) is 42.5 Å². The Kier molecular flexibility index (Phi) is 3.45. The average Bonchev–Trinajstić information content (AvgIpc) is 2.45. The Bertz CT molecular complexity index is 667. The smallest absolute Gasteiger partial charge is 0.135 e. The van der Waals surface area contributed by atoms with Crippen LogP contribution in [-0.2, 0) is 11.2 Å². The number of aliphatic carboxylic acids is 1. The zero-order chi connectivity index (χ0) is 14.1. The summed E-state index contributed by atoms with van der Waals surface area (Å²) in [6.45, 7) is 2.22. The van der Waals surface area contributed by atoms with Gasteiger partial charge in [-0.15, -0.1) is 0 Å². The normalized spacial score (nSPS) is 15.9. The first kappa shape index (κ1) is 13.1. The summed E-state index contributed by atoms with van der Waals surface area (Å²) >= 11 is 0. The monoisotopic (exact) mass is 285 g/mol. The fourth-order valence-corrected chi connectivity index (χ4v) is 4.15. The highest BCUT2D eigenvalue weighted by Gasteiger charge is 2.23. The zero-order valence-electron chi connectivity index (χ0n) is 11.1. The van der Waals surface area contributed by atoms with Gasteiger partial charge in [-0.1, -0.05) is 30.3 Å². The van der Waals surface area contributed by atoms with Crippen molar-refractivity contribution in [2.45, 2.75) is 12.8 Å². The quantitative estimate of drug-likeness (QED) is 0.804. The van der Waals surface area contributed by atoms with Gasteiger partial charge >= 0.3 is 0 Å². The molecule has 0 saturated heterocycles. The topological polar surface area (TPSA) is 49.4 Å². The third kappa shape index (κ3) is 2.41. The molecule has 1 heterocycles. The number of aryl methyl sites for hydroxylation is 1. The van der Waals surface area contributed by atoms with Gasteiger partial charge < -0.3 is 14.6 Å². The van der Waals surface area contributed by atoms with E-state index in [1.54, 1.807) is 0 Å². The highest BCUT2D eigenvalue weighted by molar-refractivity contribution is 7.72. The molecule has 3 nitrogen and oxygen atoms in total. The number of hydrogen-bond acceptors (Lipinski definition) is 3. The van der Waals surface area contributed by atoms with Crippen LogP contribution in [-0.4, -0.2) is 12.6 Å². The van der Waals surface area contributed by atoms with E-state index in [2.05, 4.69) is 18.8 Å². The van der Waals surface area contributed by atoms with Gasteiger partial charge in [0.15, 0.2) is 0 Å². The molecule has 0 radical (unpaired) electrons. The van der Waals surface area contributed by atoms with Crippen molar-refractivity contribution in [1.82, 2.24) is 0 Å². The molecule has 3 rings (SSSR count). The summed E-state index contributed by atoms with van der Waals surface area (Å²) in [5.41, 5.74) is 0.968. The molecule has 0 amide bonds. The number of carboxylic acids is 1.